The maximum atomic E-state index is 2.63. The molecule has 1 aliphatic carbocycles. The van der Waals surface area contributed by atoms with Crippen molar-refractivity contribution in [3.63, 3.8) is 0 Å². The van der Waals surface area contributed by atoms with Crippen molar-refractivity contribution in [2.24, 2.45) is 11.8 Å². The van der Waals surface area contributed by atoms with E-state index in [1.165, 1.54) is 83.7 Å². The fraction of sp³-hybridized carbons (Fsp3) is 0.636. The van der Waals surface area contributed by atoms with Gasteiger partial charge in [0, 0.05) is 34.7 Å². The Morgan fingerprint density at radius 2 is 1.22 bits per heavy atom. The van der Waals surface area contributed by atoms with Crippen molar-refractivity contribution in [2.75, 3.05) is 0 Å². The van der Waals surface area contributed by atoms with E-state index in [0.717, 1.165) is 11.8 Å². The predicted octanol–water partition coefficient (Wildman–Crippen LogP) is 12.9. The van der Waals surface area contributed by atoms with Gasteiger partial charge in [0.25, 0.3) is 0 Å². The Kier molecular flexibility index (Phi) is 12.0. The lowest BCUT2D eigenvalue weighted by molar-refractivity contribution is 0.266. The van der Waals surface area contributed by atoms with Crippen molar-refractivity contribution in [1.82, 2.24) is 0 Å². The average molecular weight is 545 g/mol. The highest BCUT2D eigenvalue weighted by atomic mass is 32.1. The van der Waals surface area contributed by atoms with Crippen molar-refractivity contribution >= 4 is 34.0 Å². The molecule has 0 spiro atoms. The van der Waals surface area contributed by atoms with E-state index in [2.05, 4.69) is 88.5 Å². The Morgan fingerprint density at radius 3 is 1.72 bits per heavy atom. The molecule has 0 bridgehead atoms. The van der Waals surface area contributed by atoms with E-state index in [0.29, 0.717) is 0 Å². The second kappa shape index (κ2) is 13.8. The molecule has 3 aromatic rings. The minimum Gasteiger partial charge on any atom is -0.140 e. The van der Waals surface area contributed by atoms with Crippen LogP contribution in [-0.4, -0.2) is 0 Å². The van der Waals surface area contributed by atoms with Crippen molar-refractivity contribution in [3.05, 3.63) is 45.1 Å². The largest absolute Gasteiger partial charge is 0.140 e. The van der Waals surface area contributed by atoms with Gasteiger partial charge in [-0.2, -0.15) is 0 Å². The summed E-state index contributed by atoms with van der Waals surface area (Å²) in [6, 6.07) is 9.84. The van der Waals surface area contributed by atoms with Crippen LogP contribution in [0.3, 0.4) is 0 Å². The molecule has 1 aliphatic rings. The van der Waals surface area contributed by atoms with Crippen molar-refractivity contribution in [2.45, 2.75) is 126 Å². The summed E-state index contributed by atoms with van der Waals surface area (Å²) in [5.74, 6) is 1.63. The number of thiophene rings is 3. The fourth-order valence-corrected chi connectivity index (χ4v) is 9.66. The Hall–Kier alpha value is -0.900. The third-order valence-electron chi connectivity index (χ3n) is 8.17. The molecule has 0 radical (unpaired) electrons. The van der Waals surface area contributed by atoms with E-state index in [9.17, 15) is 0 Å². The van der Waals surface area contributed by atoms with Gasteiger partial charge in [-0.3, -0.25) is 0 Å². The molecule has 2 unspecified atom stereocenters. The molecular formula is C33H52S3. The first-order valence-electron chi connectivity index (χ1n) is 13.8. The van der Waals surface area contributed by atoms with Crippen LogP contribution in [0.4, 0.5) is 0 Å². The lowest BCUT2D eigenvalue weighted by atomic mass is 9.65. The molecule has 0 amide bonds. The first-order valence-corrected chi connectivity index (χ1v) is 16.2. The topological polar surface area (TPSA) is 0 Å². The lowest BCUT2D eigenvalue weighted by Gasteiger charge is -2.37. The molecule has 2 atom stereocenters. The standard InChI is InChI=1S/C31H44S3.2CH4/c1-7-11-13-23(9-3)19-31(20-24(10-4)14-12-8-2)25-17-22(6)33-29(25)30-26(31)18-28(34-30)27-16-15-21(5)32-27;;/h15-18,23-24H,7-14,19-20H2,1-6H3;2*1H4. The summed E-state index contributed by atoms with van der Waals surface area (Å²) in [4.78, 5) is 9.06. The summed E-state index contributed by atoms with van der Waals surface area (Å²) in [7, 11) is 0. The molecule has 0 saturated heterocycles. The van der Waals surface area contributed by atoms with Gasteiger partial charge in [-0.25, -0.2) is 0 Å². The molecule has 0 aromatic carbocycles. The Labute approximate surface area is 235 Å². The van der Waals surface area contributed by atoms with Crippen LogP contribution in [0.25, 0.3) is 19.5 Å². The van der Waals surface area contributed by atoms with Gasteiger partial charge in [0.05, 0.1) is 0 Å². The Bertz CT molecular complexity index is 1040. The summed E-state index contributed by atoms with van der Waals surface area (Å²) >= 11 is 6.08. The molecule has 3 aromatic heterocycles. The smallest absolute Gasteiger partial charge is 0.0493 e. The molecule has 4 rings (SSSR count). The van der Waals surface area contributed by atoms with Gasteiger partial charge in [-0.15, -0.1) is 34.0 Å². The molecule has 0 fully saturated rings. The summed E-state index contributed by atoms with van der Waals surface area (Å²) < 4.78 is 0. The summed E-state index contributed by atoms with van der Waals surface area (Å²) in [6.45, 7) is 14.1. The van der Waals surface area contributed by atoms with Gasteiger partial charge in [0.1, 0.15) is 0 Å². The minimum atomic E-state index is 0. The molecular weight excluding hydrogens is 493 g/mol. The quantitative estimate of drug-likeness (QED) is 0.201. The highest BCUT2D eigenvalue weighted by Gasteiger charge is 2.47. The third-order valence-corrected chi connectivity index (χ3v) is 11.7. The van der Waals surface area contributed by atoms with Gasteiger partial charge in [0.15, 0.2) is 0 Å². The first kappa shape index (κ1) is 31.3. The van der Waals surface area contributed by atoms with Crippen LogP contribution in [0, 0.1) is 25.7 Å². The molecule has 3 heterocycles. The van der Waals surface area contributed by atoms with Crippen LogP contribution in [0.2, 0.25) is 0 Å². The van der Waals surface area contributed by atoms with Crippen LogP contribution in [-0.2, 0) is 5.41 Å². The summed E-state index contributed by atoms with van der Waals surface area (Å²) in [6.07, 6.45) is 13.4. The predicted molar refractivity (Wildman–Crippen MR) is 171 cm³/mol. The highest BCUT2D eigenvalue weighted by molar-refractivity contribution is 7.26. The minimum absolute atomic E-state index is 0. The summed E-state index contributed by atoms with van der Waals surface area (Å²) in [5.41, 5.74) is 3.58. The fourth-order valence-electron chi connectivity index (χ4n) is 6.18. The number of rotatable bonds is 13. The van der Waals surface area contributed by atoms with E-state index >= 15 is 0 Å². The Morgan fingerprint density at radius 1 is 0.667 bits per heavy atom. The Balaban J connectivity index is 0.00000228. The number of unbranched alkanes of at least 4 members (excludes halogenated alkanes) is 2. The van der Waals surface area contributed by atoms with Crippen LogP contribution < -0.4 is 0 Å². The highest BCUT2D eigenvalue weighted by Crippen LogP contribution is 2.62. The van der Waals surface area contributed by atoms with E-state index in [4.69, 9.17) is 0 Å². The molecule has 36 heavy (non-hydrogen) atoms. The molecule has 0 N–H and O–H groups in total. The monoisotopic (exact) mass is 544 g/mol. The zero-order valence-electron chi connectivity index (χ0n) is 22.3. The van der Waals surface area contributed by atoms with E-state index in [1.54, 1.807) is 20.9 Å². The number of hydrogen-bond acceptors (Lipinski definition) is 3. The normalized spacial score (nSPS) is 17.7. The van der Waals surface area contributed by atoms with Gasteiger partial charge in [-0.1, -0.05) is 93.9 Å². The molecule has 0 saturated carbocycles. The van der Waals surface area contributed by atoms with Gasteiger partial charge in [-0.05, 0) is 73.9 Å². The average Bonchev–Trinajstić information content (AvgIpc) is 3.58. The number of hydrogen-bond donors (Lipinski definition) is 0. The van der Waals surface area contributed by atoms with E-state index < -0.39 is 0 Å². The molecule has 0 aliphatic heterocycles. The maximum absolute atomic E-state index is 2.63. The van der Waals surface area contributed by atoms with Gasteiger partial charge < -0.3 is 0 Å². The van der Waals surface area contributed by atoms with Crippen molar-refractivity contribution in [3.8, 4) is 19.5 Å². The summed E-state index contributed by atoms with van der Waals surface area (Å²) in [5, 5.41) is 0. The zero-order chi connectivity index (χ0) is 24.3. The van der Waals surface area contributed by atoms with Crippen LogP contribution in [0.15, 0.2) is 24.3 Å². The van der Waals surface area contributed by atoms with Crippen LogP contribution in [0.5, 0.6) is 0 Å². The SMILES string of the molecule is C.C.CCCCC(CC)CC1(CC(CC)CCCC)c2cc(C)sc2-c2sc(-c3ccc(C)s3)cc21. The van der Waals surface area contributed by atoms with Gasteiger partial charge >= 0.3 is 0 Å². The van der Waals surface area contributed by atoms with Crippen molar-refractivity contribution < 1.29 is 0 Å². The van der Waals surface area contributed by atoms with Crippen LogP contribution >= 0.6 is 34.0 Å². The van der Waals surface area contributed by atoms with Crippen LogP contribution in [0.1, 0.15) is 128 Å². The number of fused-ring (bicyclic) bond motifs is 3. The zero-order valence-corrected chi connectivity index (χ0v) is 24.7. The molecule has 3 heteroatoms. The lowest BCUT2D eigenvalue weighted by Crippen LogP contribution is -2.31. The first-order chi connectivity index (χ1) is 16.4. The van der Waals surface area contributed by atoms with Gasteiger partial charge in [0.2, 0.25) is 0 Å². The second-order valence-electron chi connectivity index (χ2n) is 10.7. The van der Waals surface area contributed by atoms with Crippen molar-refractivity contribution in [1.29, 1.82) is 0 Å². The second-order valence-corrected chi connectivity index (χ2v) is 14.3. The molecule has 202 valence electrons. The third kappa shape index (κ3) is 6.21. The van der Waals surface area contributed by atoms with E-state index in [-0.39, 0.29) is 20.3 Å². The number of aryl methyl sites for hydroxylation is 2. The maximum Gasteiger partial charge on any atom is 0.0493 e. The van der Waals surface area contributed by atoms with E-state index in [1.807, 2.05) is 11.3 Å². The molecule has 0 nitrogen and oxygen atoms in total.